The van der Waals surface area contributed by atoms with E-state index >= 15 is 0 Å². The molecule has 0 amide bonds. The van der Waals surface area contributed by atoms with Crippen molar-refractivity contribution in [2.24, 2.45) is 0 Å². The second-order valence-electron chi connectivity index (χ2n) is 6.50. The minimum Gasteiger partial charge on any atom is -0.357 e. The minimum atomic E-state index is 0.672. The lowest BCUT2D eigenvalue weighted by atomic mass is 9.98. The Balaban J connectivity index is 1.55. The summed E-state index contributed by atoms with van der Waals surface area (Å²) < 4.78 is 0. The van der Waals surface area contributed by atoms with E-state index in [1.54, 1.807) is 0 Å². The van der Waals surface area contributed by atoms with Crippen molar-refractivity contribution in [3.63, 3.8) is 0 Å². The number of pyridine rings is 1. The summed E-state index contributed by atoms with van der Waals surface area (Å²) in [5, 5.41) is 3.72. The number of rotatable bonds is 2. The van der Waals surface area contributed by atoms with Crippen LogP contribution in [0.25, 0.3) is 0 Å². The molecule has 0 radical (unpaired) electrons. The summed E-state index contributed by atoms with van der Waals surface area (Å²) in [7, 11) is 2.24. The van der Waals surface area contributed by atoms with Gasteiger partial charge >= 0.3 is 0 Å². The normalized spacial score (nSPS) is 32.4. The van der Waals surface area contributed by atoms with Crippen LogP contribution < -0.4 is 10.2 Å². The molecule has 2 aliphatic heterocycles. The molecule has 1 aromatic rings. The van der Waals surface area contributed by atoms with Gasteiger partial charge in [-0.25, -0.2) is 4.98 Å². The number of aryl methyl sites for hydroxylation is 2. The summed E-state index contributed by atoms with van der Waals surface area (Å²) in [6.07, 6.45) is 8.99. The van der Waals surface area contributed by atoms with Crippen molar-refractivity contribution >= 4 is 5.82 Å². The van der Waals surface area contributed by atoms with Gasteiger partial charge in [-0.3, -0.25) is 0 Å². The Bertz CT molecular complexity index is 473. The first-order valence-electron chi connectivity index (χ1n) is 7.77. The van der Waals surface area contributed by atoms with Crippen LogP contribution in [-0.4, -0.2) is 30.2 Å². The monoisotopic (exact) mass is 257 g/mol. The Hall–Kier alpha value is -1.09. The molecule has 3 aliphatic rings. The van der Waals surface area contributed by atoms with Gasteiger partial charge in [-0.15, -0.1) is 0 Å². The van der Waals surface area contributed by atoms with Crippen LogP contribution in [0.1, 0.15) is 43.4 Å². The van der Waals surface area contributed by atoms with Crippen LogP contribution in [0.4, 0.5) is 5.82 Å². The maximum atomic E-state index is 4.90. The number of hydrogen-bond acceptors (Lipinski definition) is 3. The second kappa shape index (κ2) is 4.48. The molecule has 1 N–H and O–H groups in total. The summed E-state index contributed by atoms with van der Waals surface area (Å²) in [6.45, 7) is 0. The van der Waals surface area contributed by atoms with E-state index in [2.05, 4.69) is 29.4 Å². The van der Waals surface area contributed by atoms with Crippen LogP contribution in [0.3, 0.4) is 0 Å². The number of nitrogens with zero attached hydrogens (tertiary/aromatic N) is 2. The summed E-state index contributed by atoms with van der Waals surface area (Å²) in [6, 6.07) is 6.71. The standard InChI is InChI=1S/C16H23N3/c1-19(14-9-12-6-7-13(10-14)17-12)16-8-5-11-3-2-4-15(11)18-16/h5,8,12-14,17H,2-4,6-7,9-10H2,1H3. The van der Waals surface area contributed by atoms with Crippen LogP contribution in [0, 0.1) is 0 Å². The lowest BCUT2D eigenvalue weighted by Crippen LogP contribution is -2.47. The third-order valence-corrected chi connectivity index (χ3v) is 5.27. The highest BCUT2D eigenvalue weighted by molar-refractivity contribution is 5.43. The quantitative estimate of drug-likeness (QED) is 0.881. The molecule has 2 saturated heterocycles. The van der Waals surface area contributed by atoms with Crippen molar-refractivity contribution in [1.29, 1.82) is 0 Å². The fraction of sp³-hybridized carbons (Fsp3) is 0.688. The molecule has 4 rings (SSSR count). The first-order chi connectivity index (χ1) is 9.29. The van der Waals surface area contributed by atoms with E-state index in [1.165, 1.54) is 62.0 Å². The predicted octanol–water partition coefficient (Wildman–Crippen LogP) is 2.29. The average Bonchev–Trinajstić information content (AvgIpc) is 3.03. The molecule has 19 heavy (non-hydrogen) atoms. The Kier molecular flexibility index (Phi) is 2.76. The Morgan fingerprint density at radius 3 is 2.74 bits per heavy atom. The number of piperidine rings is 1. The molecule has 2 bridgehead atoms. The molecule has 3 nitrogen and oxygen atoms in total. The summed E-state index contributed by atoms with van der Waals surface area (Å²) >= 11 is 0. The molecule has 0 saturated carbocycles. The van der Waals surface area contributed by atoms with E-state index in [1.807, 2.05) is 0 Å². The molecule has 102 valence electrons. The fourth-order valence-corrected chi connectivity index (χ4v) is 4.14. The highest BCUT2D eigenvalue weighted by Crippen LogP contribution is 2.31. The lowest BCUT2D eigenvalue weighted by molar-refractivity contribution is 0.354. The van der Waals surface area contributed by atoms with E-state index < -0.39 is 0 Å². The van der Waals surface area contributed by atoms with Crippen LogP contribution in [0.15, 0.2) is 12.1 Å². The van der Waals surface area contributed by atoms with E-state index in [0.717, 1.165) is 12.1 Å². The van der Waals surface area contributed by atoms with E-state index in [4.69, 9.17) is 4.98 Å². The number of nitrogens with one attached hydrogen (secondary N) is 1. The zero-order chi connectivity index (χ0) is 12.8. The van der Waals surface area contributed by atoms with Gasteiger partial charge in [0.1, 0.15) is 5.82 Å². The van der Waals surface area contributed by atoms with Gasteiger partial charge in [0.05, 0.1) is 0 Å². The summed E-state index contributed by atoms with van der Waals surface area (Å²) in [5.74, 6) is 1.19. The molecule has 3 heteroatoms. The van der Waals surface area contributed by atoms with Crippen molar-refractivity contribution in [3.05, 3.63) is 23.4 Å². The Morgan fingerprint density at radius 1 is 1.16 bits per heavy atom. The molecule has 0 spiro atoms. The fourth-order valence-electron chi connectivity index (χ4n) is 4.14. The van der Waals surface area contributed by atoms with Crippen LogP contribution in [0.5, 0.6) is 0 Å². The highest BCUT2D eigenvalue weighted by Gasteiger charge is 2.35. The third kappa shape index (κ3) is 2.04. The zero-order valence-electron chi connectivity index (χ0n) is 11.7. The van der Waals surface area contributed by atoms with Gasteiger partial charge in [0.25, 0.3) is 0 Å². The molecular weight excluding hydrogens is 234 g/mol. The van der Waals surface area contributed by atoms with E-state index in [9.17, 15) is 0 Å². The Morgan fingerprint density at radius 2 is 1.95 bits per heavy atom. The van der Waals surface area contributed by atoms with Gasteiger partial charge in [-0.1, -0.05) is 6.07 Å². The molecule has 2 unspecified atom stereocenters. The highest BCUT2D eigenvalue weighted by atomic mass is 15.2. The van der Waals surface area contributed by atoms with Crippen LogP contribution in [0.2, 0.25) is 0 Å². The second-order valence-corrected chi connectivity index (χ2v) is 6.50. The number of fused-ring (bicyclic) bond motifs is 3. The van der Waals surface area contributed by atoms with Gasteiger partial charge in [0, 0.05) is 30.9 Å². The summed E-state index contributed by atoms with van der Waals surface area (Å²) in [4.78, 5) is 7.34. The Labute approximate surface area is 115 Å². The molecular formula is C16H23N3. The van der Waals surface area contributed by atoms with Gasteiger partial charge in [-0.2, -0.15) is 0 Å². The van der Waals surface area contributed by atoms with Crippen molar-refractivity contribution in [3.8, 4) is 0 Å². The zero-order valence-corrected chi connectivity index (χ0v) is 11.7. The van der Waals surface area contributed by atoms with Gasteiger partial charge in [0.15, 0.2) is 0 Å². The van der Waals surface area contributed by atoms with Gasteiger partial charge in [-0.05, 0) is 56.6 Å². The smallest absolute Gasteiger partial charge is 0.128 e. The molecule has 1 aromatic heterocycles. The maximum Gasteiger partial charge on any atom is 0.128 e. The lowest BCUT2D eigenvalue weighted by Gasteiger charge is -2.36. The van der Waals surface area contributed by atoms with Crippen molar-refractivity contribution in [2.45, 2.75) is 63.1 Å². The number of aromatic nitrogens is 1. The molecule has 0 aromatic carbocycles. The minimum absolute atomic E-state index is 0.672. The average molecular weight is 257 g/mol. The topological polar surface area (TPSA) is 28.2 Å². The largest absolute Gasteiger partial charge is 0.357 e. The van der Waals surface area contributed by atoms with E-state index in [0.29, 0.717) is 6.04 Å². The third-order valence-electron chi connectivity index (χ3n) is 5.27. The first-order valence-corrected chi connectivity index (χ1v) is 7.77. The number of anilines is 1. The molecule has 2 fully saturated rings. The molecule has 2 atom stereocenters. The molecule has 3 heterocycles. The molecule has 1 aliphatic carbocycles. The SMILES string of the molecule is CN(c1ccc2c(n1)CCC2)C1CC2CCC(C1)N2. The van der Waals surface area contributed by atoms with Crippen LogP contribution in [-0.2, 0) is 12.8 Å². The van der Waals surface area contributed by atoms with Gasteiger partial charge < -0.3 is 10.2 Å². The van der Waals surface area contributed by atoms with E-state index in [-0.39, 0.29) is 0 Å². The van der Waals surface area contributed by atoms with Crippen LogP contribution >= 0.6 is 0 Å². The van der Waals surface area contributed by atoms with Gasteiger partial charge in [0.2, 0.25) is 0 Å². The summed E-state index contributed by atoms with van der Waals surface area (Å²) in [5.41, 5.74) is 2.82. The van der Waals surface area contributed by atoms with Crippen molar-refractivity contribution in [2.75, 3.05) is 11.9 Å². The first kappa shape index (κ1) is 11.7. The van der Waals surface area contributed by atoms with Crippen molar-refractivity contribution < 1.29 is 0 Å². The van der Waals surface area contributed by atoms with Crippen molar-refractivity contribution in [1.82, 2.24) is 10.3 Å². The number of hydrogen-bond donors (Lipinski definition) is 1. The maximum absolute atomic E-state index is 4.90. The predicted molar refractivity (Wildman–Crippen MR) is 77.6 cm³/mol.